The van der Waals surface area contributed by atoms with Crippen molar-refractivity contribution in [2.24, 2.45) is 0 Å². The summed E-state index contributed by atoms with van der Waals surface area (Å²) < 4.78 is 5.44. The molecule has 0 atom stereocenters. The molecule has 0 saturated carbocycles. The number of ether oxygens (including phenoxy) is 1. The minimum absolute atomic E-state index is 0.269. The molecule has 0 fully saturated rings. The molecule has 0 saturated heterocycles. The third-order valence-electron chi connectivity index (χ3n) is 1.82. The van der Waals surface area contributed by atoms with Gasteiger partial charge in [0.15, 0.2) is 5.75 Å². The van der Waals surface area contributed by atoms with Gasteiger partial charge in [0.25, 0.3) is 0 Å². The van der Waals surface area contributed by atoms with Crippen molar-refractivity contribution in [3.63, 3.8) is 0 Å². The molecule has 0 aliphatic heterocycles. The van der Waals surface area contributed by atoms with Gasteiger partial charge in [-0.2, -0.15) is 0 Å². The van der Waals surface area contributed by atoms with Crippen molar-refractivity contribution < 1.29 is 4.74 Å². The zero-order chi connectivity index (χ0) is 11.4. The summed E-state index contributed by atoms with van der Waals surface area (Å²) in [7, 11) is 0. The molecule has 0 aliphatic carbocycles. The van der Waals surface area contributed by atoms with Crippen LogP contribution in [0.15, 0.2) is 6.07 Å². The quantitative estimate of drug-likeness (QED) is 0.405. The third-order valence-corrected chi connectivity index (χ3v) is 3.34. The molecule has 1 aromatic carbocycles. The lowest BCUT2D eigenvalue weighted by molar-refractivity contribution is 0.310. The lowest BCUT2D eigenvalue weighted by Crippen LogP contribution is -1.98. The van der Waals surface area contributed by atoms with Crippen molar-refractivity contribution in [1.29, 1.82) is 0 Å². The Kier molecular flexibility index (Phi) is 5.34. The Labute approximate surface area is 109 Å². The van der Waals surface area contributed by atoms with E-state index in [0.717, 1.165) is 12.8 Å². The molecule has 0 aromatic heterocycles. The fraction of sp³-hybridized carbons (Fsp3) is 0.400. The van der Waals surface area contributed by atoms with E-state index in [9.17, 15) is 0 Å². The van der Waals surface area contributed by atoms with E-state index in [0.29, 0.717) is 22.4 Å². The maximum atomic E-state index is 5.96. The van der Waals surface area contributed by atoms with Crippen molar-refractivity contribution in [2.75, 3.05) is 6.61 Å². The highest BCUT2D eigenvalue weighted by molar-refractivity contribution is 6.50. The zero-order valence-electron chi connectivity index (χ0n) is 8.12. The van der Waals surface area contributed by atoms with E-state index in [4.69, 9.17) is 51.1 Å². The minimum Gasteiger partial charge on any atom is -0.490 e. The molecular weight excluding hydrogens is 278 g/mol. The zero-order valence-corrected chi connectivity index (χ0v) is 11.1. The number of hydrogen-bond acceptors (Lipinski definition) is 1. The molecule has 15 heavy (non-hydrogen) atoms. The molecule has 84 valence electrons. The Morgan fingerprint density at radius 3 is 2.33 bits per heavy atom. The van der Waals surface area contributed by atoms with Gasteiger partial charge in [-0.25, -0.2) is 0 Å². The second-order valence-electron chi connectivity index (χ2n) is 3.00. The maximum absolute atomic E-state index is 5.96. The van der Waals surface area contributed by atoms with Crippen molar-refractivity contribution in [3.8, 4) is 5.75 Å². The van der Waals surface area contributed by atoms with Crippen molar-refractivity contribution in [3.05, 3.63) is 26.2 Å². The summed E-state index contributed by atoms with van der Waals surface area (Å²) in [5.41, 5.74) is 0. The Balaban J connectivity index is 2.92. The summed E-state index contributed by atoms with van der Waals surface area (Å²) in [6.07, 6.45) is 1.98. The van der Waals surface area contributed by atoms with E-state index >= 15 is 0 Å². The summed E-state index contributed by atoms with van der Waals surface area (Å²) in [5.74, 6) is 0.404. The molecule has 5 heteroatoms. The summed E-state index contributed by atoms with van der Waals surface area (Å²) in [6.45, 7) is 2.63. The van der Waals surface area contributed by atoms with Crippen LogP contribution in [0.25, 0.3) is 0 Å². The van der Waals surface area contributed by atoms with Gasteiger partial charge < -0.3 is 4.74 Å². The van der Waals surface area contributed by atoms with E-state index in [-0.39, 0.29) is 10.0 Å². The summed E-state index contributed by atoms with van der Waals surface area (Å²) in [5, 5.41) is 1.25. The smallest absolute Gasteiger partial charge is 0.158 e. The molecule has 1 rings (SSSR count). The highest BCUT2D eigenvalue weighted by atomic mass is 35.5. The molecule has 0 unspecified atom stereocenters. The first-order chi connectivity index (χ1) is 7.07. The van der Waals surface area contributed by atoms with Gasteiger partial charge in [-0.1, -0.05) is 59.7 Å². The molecule has 1 nitrogen and oxygen atoms in total. The number of hydrogen-bond donors (Lipinski definition) is 0. The van der Waals surface area contributed by atoms with Crippen LogP contribution in [-0.4, -0.2) is 6.61 Å². The summed E-state index contributed by atoms with van der Waals surface area (Å²) in [6, 6.07) is 1.53. The summed E-state index contributed by atoms with van der Waals surface area (Å²) >= 11 is 23.6. The van der Waals surface area contributed by atoms with Gasteiger partial charge in [-0.15, -0.1) is 0 Å². The van der Waals surface area contributed by atoms with Crippen LogP contribution in [0.3, 0.4) is 0 Å². The highest BCUT2D eigenvalue weighted by Crippen LogP contribution is 2.42. The first-order valence-corrected chi connectivity index (χ1v) is 6.05. The van der Waals surface area contributed by atoms with Crippen LogP contribution in [0.5, 0.6) is 5.75 Å². The van der Waals surface area contributed by atoms with Gasteiger partial charge in [0.05, 0.1) is 21.7 Å². The van der Waals surface area contributed by atoms with E-state index in [1.54, 1.807) is 0 Å². The van der Waals surface area contributed by atoms with E-state index in [2.05, 4.69) is 6.92 Å². The first-order valence-electron chi connectivity index (χ1n) is 4.53. The van der Waals surface area contributed by atoms with Gasteiger partial charge in [0, 0.05) is 0 Å². The molecule has 0 N–H and O–H groups in total. The molecule has 0 radical (unpaired) electrons. The Morgan fingerprint density at radius 1 is 1.07 bits per heavy atom. The van der Waals surface area contributed by atoms with Gasteiger partial charge in [-0.3, -0.25) is 0 Å². The van der Waals surface area contributed by atoms with Crippen LogP contribution in [-0.2, 0) is 0 Å². The average molecular weight is 288 g/mol. The van der Waals surface area contributed by atoms with Gasteiger partial charge >= 0.3 is 0 Å². The Bertz CT molecular complexity index is 352. The Hall–Kier alpha value is 0.180. The van der Waals surface area contributed by atoms with E-state index in [1.165, 1.54) is 6.07 Å². The number of halogens is 4. The maximum Gasteiger partial charge on any atom is 0.158 e. The van der Waals surface area contributed by atoms with Crippen LogP contribution < -0.4 is 4.74 Å². The molecule has 1 aromatic rings. The van der Waals surface area contributed by atoms with Crippen LogP contribution in [0.1, 0.15) is 19.8 Å². The predicted octanol–water partition coefficient (Wildman–Crippen LogP) is 5.48. The number of rotatable bonds is 4. The monoisotopic (exact) mass is 286 g/mol. The topological polar surface area (TPSA) is 9.23 Å². The van der Waals surface area contributed by atoms with Crippen LogP contribution in [0.4, 0.5) is 0 Å². The molecule has 0 aliphatic rings. The lowest BCUT2D eigenvalue weighted by atomic mass is 10.3. The molecule has 0 spiro atoms. The molecule has 0 bridgehead atoms. The fourth-order valence-electron chi connectivity index (χ4n) is 1.00. The lowest BCUT2D eigenvalue weighted by Gasteiger charge is -2.11. The fourth-order valence-corrected chi connectivity index (χ4v) is 2.01. The molecule has 0 amide bonds. The third kappa shape index (κ3) is 3.32. The van der Waals surface area contributed by atoms with Crippen LogP contribution in [0.2, 0.25) is 20.1 Å². The predicted molar refractivity (Wildman–Crippen MR) is 66.9 cm³/mol. The van der Waals surface area contributed by atoms with Crippen LogP contribution in [0, 0.1) is 0 Å². The minimum atomic E-state index is 0.269. The van der Waals surface area contributed by atoms with E-state index in [1.807, 2.05) is 0 Å². The van der Waals surface area contributed by atoms with Gasteiger partial charge in [-0.05, 0) is 12.5 Å². The van der Waals surface area contributed by atoms with Crippen LogP contribution >= 0.6 is 46.4 Å². The van der Waals surface area contributed by atoms with Crippen molar-refractivity contribution in [2.45, 2.75) is 19.8 Å². The van der Waals surface area contributed by atoms with Gasteiger partial charge in [0.1, 0.15) is 5.02 Å². The van der Waals surface area contributed by atoms with Gasteiger partial charge in [0.2, 0.25) is 0 Å². The van der Waals surface area contributed by atoms with E-state index < -0.39 is 0 Å². The standard InChI is InChI=1S/C10H10Cl4O/c1-2-3-4-15-10-7(12)5-6(11)8(13)9(10)14/h5H,2-4H2,1H3. The first kappa shape index (κ1) is 13.2. The second kappa shape index (κ2) is 6.05. The molecule has 0 heterocycles. The number of unbranched alkanes of at least 4 members (excludes halogenated alkanes) is 1. The normalized spacial score (nSPS) is 10.5. The number of benzene rings is 1. The molecular formula is C10H10Cl4O. The highest BCUT2D eigenvalue weighted by Gasteiger charge is 2.14. The van der Waals surface area contributed by atoms with Crippen molar-refractivity contribution >= 4 is 46.4 Å². The second-order valence-corrected chi connectivity index (χ2v) is 4.57. The SMILES string of the molecule is CCCCOc1c(Cl)cc(Cl)c(Cl)c1Cl. The van der Waals surface area contributed by atoms with Crippen molar-refractivity contribution in [1.82, 2.24) is 0 Å². The average Bonchev–Trinajstić information content (AvgIpc) is 2.20. The Morgan fingerprint density at radius 2 is 1.73 bits per heavy atom. The largest absolute Gasteiger partial charge is 0.490 e. The summed E-state index contributed by atoms with van der Waals surface area (Å²) in [4.78, 5) is 0.